The highest BCUT2D eigenvalue weighted by molar-refractivity contribution is 5.31. The summed E-state index contributed by atoms with van der Waals surface area (Å²) in [7, 11) is 1.94. The van der Waals surface area contributed by atoms with Crippen LogP contribution in [0.3, 0.4) is 0 Å². The minimum Gasteiger partial charge on any atom is -0.317 e. The number of nitrogens with one attached hydrogen (secondary N) is 1. The monoisotopic (exact) mass is 235 g/mol. The predicted molar refractivity (Wildman–Crippen MR) is 65.0 cm³/mol. The molecule has 0 spiro atoms. The van der Waals surface area contributed by atoms with E-state index in [0.29, 0.717) is 18.2 Å². The fraction of sp³-hybridized carbons (Fsp3) is 0.545. The van der Waals surface area contributed by atoms with E-state index < -0.39 is 0 Å². The van der Waals surface area contributed by atoms with Crippen LogP contribution in [0.4, 0.5) is 0 Å². The van der Waals surface area contributed by atoms with Crippen LogP contribution in [0, 0.1) is 0 Å². The second-order valence-corrected chi connectivity index (χ2v) is 4.14. The molecule has 92 valence electrons. The molecule has 6 nitrogen and oxygen atoms in total. The molecule has 0 radical (unpaired) electrons. The summed E-state index contributed by atoms with van der Waals surface area (Å²) in [4.78, 5) is 15.8. The topological polar surface area (TPSA) is 64.2 Å². The maximum atomic E-state index is 11.9. The first-order valence-electron chi connectivity index (χ1n) is 5.79. The highest BCUT2D eigenvalue weighted by atomic mass is 16.2. The summed E-state index contributed by atoms with van der Waals surface area (Å²) >= 11 is 0. The van der Waals surface area contributed by atoms with Crippen molar-refractivity contribution in [2.75, 3.05) is 7.05 Å². The number of aryl methyl sites for hydroxylation is 1. The van der Waals surface area contributed by atoms with E-state index in [9.17, 15) is 4.79 Å². The summed E-state index contributed by atoms with van der Waals surface area (Å²) in [6, 6.07) is 0.462. The van der Waals surface area contributed by atoms with Crippen LogP contribution >= 0.6 is 0 Å². The van der Waals surface area contributed by atoms with E-state index in [1.165, 1.54) is 9.08 Å². The summed E-state index contributed by atoms with van der Waals surface area (Å²) in [6.07, 6.45) is 6.77. The highest BCUT2D eigenvalue weighted by Crippen LogP contribution is 1.98. The molecule has 1 N–H and O–H groups in total. The Kier molecular flexibility index (Phi) is 3.53. The van der Waals surface area contributed by atoms with Gasteiger partial charge in [0.25, 0.3) is 0 Å². The fourth-order valence-corrected chi connectivity index (χ4v) is 1.72. The molecule has 0 aliphatic rings. The maximum Gasteiger partial charge on any atom is 0.350 e. The lowest BCUT2D eigenvalue weighted by Gasteiger charge is -2.08. The molecule has 6 heteroatoms. The van der Waals surface area contributed by atoms with Crippen LogP contribution in [0.2, 0.25) is 0 Å². The number of fused-ring (bicyclic) bond motifs is 1. The van der Waals surface area contributed by atoms with Gasteiger partial charge in [-0.2, -0.15) is 0 Å². The van der Waals surface area contributed by atoms with Crippen molar-refractivity contribution in [1.29, 1.82) is 0 Å². The van der Waals surface area contributed by atoms with E-state index >= 15 is 0 Å². The first kappa shape index (κ1) is 11.8. The third-order valence-corrected chi connectivity index (χ3v) is 2.89. The number of aromatic nitrogens is 4. The zero-order chi connectivity index (χ0) is 12.3. The van der Waals surface area contributed by atoms with Gasteiger partial charge in [-0.1, -0.05) is 0 Å². The van der Waals surface area contributed by atoms with Gasteiger partial charge in [0.05, 0.1) is 6.20 Å². The quantitative estimate of drug-likeness (QED) is 0.808. The average molecular weight is 235 g/mol. The van der Waals surface area contributed by atoms with Crippen molar-refractivity contribution in [2.45, 2.75) is 32.4 Å². The zero-order valence-corrected chi connectivity index (χ0v) is 10.1. The Labute approximate surface area is 99.3 Å². The second kappa shape index (κ2) is 5.09. The van der Waals surface area contributed by atoms with Crippen molar-refractivity contribution in [3.63, 3.8) is 0 Å². The molecular formula is C11H17N5O. The van der Waals surface area contributed by atoms with Gasteiger partial charge in [-0.25, -0.2) is 13.9 Å². The lowest BCUT2D eigenvalue weighted by Crippen LogP contribution is -2.24. The summed E-state index contributed by atoms with van der Waals surface area (Å²) in [5, 5.41) is 7.39. The molecule has 0 amide bonds. The minimum absolute atomic E-state index is 0.0977. The predicted octanol–water partition coefficient (Wildman–Crippen LogP) is 0.279. The van der Waals surface area contributed by atoms with Crippen LogP contribution in [-0.2, 0) is 6.54 Å². The number of hydrogen-bond donors (Lipinski definition) is 1. The smallest absolute Gasteiger partial charge is 0.317 e. The van der Waals surface area contributed by atoms with E-state index in [2.05, 4.69) is 22.3 Å². The Morgan fingerprint density at radius 3 is 3.06 bits per heavy atom. The molecule has 1 atom stereocenters. The molecule has 2 aromatic heterocycles. The third kappa shape index (κ3) is 2.52. The summed E-state index contributed by atoms with van der Waals surface area (Å²) in [5.41, 5.74) is 0.499. The molecular weight excluding hydrogens is 218 g/mol. The first-order valence-corrected chi connectivity index (χ1v) is 5.79. The van der Waals surface area contributed by atoms with E-state index in [4.69, 9.17) is 0 Å². The Bertz CT molecular complexity index is 544. The SMILES string of the molecule is CNC(C)CCCn1nc2cnccn2c1=O. The van der Waals surface area contributed by atoms with Crippen LogP contribution in [0.15, 0.2) is 23.4 Å². The fourth-order valence-electron chi connectivity index (χ4n) is 1.72. The van der Waals surface area contributed by atoms with Crippen molar-refractivity contribution in [3.05, 3.63) is 29.1 Å². The van der Waals surface area contributed by atoms with Gasteiger partial charge in [0.2, 0.25) is 0 Å². The van der Waals surface area contributed by atoms with Gasteiger partial charge in [-0.3, -0.25) is 4.98 Å². The maximum absolute atomic E-state index is 11.9. The van der Waals surface area contributed by atoms with E-state index in [0.717, 1.165) is 12.8 Å². The molecule has 0 aliphatic carbocycles. The molecule has 2 aromatic rings. The van der Waals surface area contributed by atoms with Gasteiger partial charge in [-0.15, -0.1) is 5.10 Å². The van der Waals surface area contributed by atoms with Gasteiger partial charge in [0, 0.05) is 25.0 Å². The van der Waals surface area contributed by atoms with Crippen LogP contribution in [0.25, 0.3) is 5.65 Å². The Morgan fingerprint density at radius 2 is 2.35 bits per heavy atom. The van der Waals surface area contributed by atoms with Gasteiger partial charge in [-0.05, 0) is 26.8 Å². The lowest BCUT2D eigenvalue weighted by molar-refractivity contribution is 0.481. The molecule has 0 aliphatic heterocycles. The van der Waals surface area contributed by atoms with Crippen molar-refractivity contribution >= 4 is 5.65 Å². The van der Waals surface area contributed by atoms with Gasteiger partial charge < -0.3 is 5.32 Å². The molecule has 2 rings (SSSR count). The molecule has 2 heterocycles. The zero-order valence-electron chi connectivity index (χ0n) is 10.1. The normalized spacial score (nSPS) is 13.1. The number of rotatable bonds is 5. The van der Waals surface area contributed by atoms with Crippen LogP contribution in [0.1, 0.15) is 19.8 Å². The summed E-state index contributed by atoms with van der Waals surface area (Å²) in [5.74, 6) is 0. The van der Waals surface area contributed by atoms with Crippen LogP contribution in [-0.4, -0.2) is 32.3 Å². The molecule has 1 unspecified atom stereocenters. The molecule has 0 fully saturated rings. The lowest BCUT2D eigenvalue weighted by atomic mass is 10.2. The van der Waals surface area contributed by atoms with Crippen molar-refractivity contribution < 1.29 is 0 Å². The third-order valence-electron chi connectivity index (χ3n) is 2.89. The summed E-state index contributed by atoms with van der Waals surface area (Å²) < 4.78 is 3.01. The standard InChI is InChI=1S/C11H17N5O/c1-9(12-2)4-3-6-16-11(17)15-7-5-13-8-10(15)14-16/h5,7-9,12H,3-4,6H2,1-2H3. The Hall–Kier alpha value is -1.69. The Morgan fingerprint density at radius 1 is 1.53 bits per heavy atom. The summed E-state index contributed by atoms with van der Waals surface area (Å²) in [6.45, 7) is 2.77. The second-order valence-electron chi connectivity index (χ2n) is 4.14. The molecule has 0 saturated carbocycles. The number of nitrogens with zero attached hydrogens (tertiary/aromatic N) is 4. The van der Waals surface area contributed by atoms with Crippen molar-refractivity contribution in [3.8, 4) is 0 Å². The largest absolute Gasteiger partial charge is 0.350 e. The van der Waals surface area contributed by atoms with E-state index in [-0.39, 0.29) is 5.69 Å². The number of hydrogen-bond acceptors (Lipinski definition) is 4. The Balaban J connectivity index is 2.09. The van der Waals surface area contributed by atoms with Crippen LogP contribution in [0.5, 0.6) is 0 Å². The first-order chi connectivity index (χ1) is 8.22. The average Bonchev–Trinajstić information content (AvgIpc) is 2.67. The van der Waals surface area contributed by atoms with E-state index in [1.807, 2.05) is 7.05 Å². The van der Waals surface area contributed by atoms with Gasteiger partial charge >= 0.3 is 5.69 Å². The molecule has 0 aromatic carbocycles. The van der Waals surface area contributed by atoms with Gasteiger partial charge in [0.1, 0.15) is 0 Å². The van der Waals surface area contributed by atoms with Crippen molar-refractivity contribution in [2.24, 2.45) is 0 Å². The van der Waals surface area contributed by atoms with E-state index in [1.54, 1.807) is 18.6 Å². The van der Waals surface area contributed by atoms with Crippen molar-refractivity contribution in [1.82, 2.24) is 24.5 Å². The van der Waals surface area contributed by atoms with Gasteiger partial charge in [0.15, 0.2) is 5.65 Å². The highest BCUT2D eigenvalue weighted by Gasteiger charge is 2.06. The minimum atomic E-state index is -0.0977. The van der Waals surface area contributed by atoms with Crippen LogP contribution < -0.4 is 11.0 Å². The molecule has 0 saturated heterocycles. The molecule has 0 bridgehead atoms. The molecule has 17 heavy (non-hydrogen) atoms.